The van der Waals surface area contributed by atoms with Crippen LogP contribution < -0.4 is 0 Å². The Morgan fingerprint density at radius 3 is 2.46 bits per heavy atom. The fraction of sp³-hybridized carbons (Fsp3) is 0.526. The summed E-state index contributed by atoms with van der Waals surface area (Å²) in [6, 6.07) is 1.86. The lowest BCUT2D eigenvalue weighted by molar-refractivity contribution is 0.0474. The maximum Gasteiger partial charge on any atom is 0.343 e. The highest BCUT2D eigenvalue weighted by Gasteiger charge is 2.22. The van der Waals surface area contributed by atoms with Gasteiger partial charge in [0.05, 0.1) is 5.69 Å². The zero-order valence-corrected chi connectivity index (χ0v) is 17.0. The van der Waals surface area contributed by atoms with Crippen LogP contribution >= 0.6 is 11.6 Å². The molecule has 2 heterocycles. The van der Waals surface area contributed by atoms with Crippen LogP contribution in [0.15, 0.2) is 6.07 Å². The molecular formula is C19H26ClN3O3. The second kappa shape index (κ2) is 8.08. The van der Waals surface area contributed by atoms with E-state index in [0.717, 1.165) is 24.4 Å². The Bertz CT molecular complexity index is 834. The lowest BCUT2D eigenvalue weighted by Crippen LogP contribution is -2.16. The average molecular weight is 380 g/mol. The number of carbonyl (C=O) groups is 2. The van der Waals surface area contributed by atoms with Crippen LogP contribution in [0.2, 0.25) is 5.15 Å². The van der Waals surface area contributed by atoms with Gasteiger partial charge in [0.15, 0.2) is 6.61 Å². The summed E-state index contributed by atoms with van der Waals surface area (Å²) in [5.41, 5.74) is 3.20. The first-order chi connectivity index (χ1) is 12.1. The molecule has 2 aromatic heterocycles. The minimum Gasteiger partial charge on any atom is -0.454 e. The van der Waals surface area contributed by atoms with Crippen molar-refractivity contribution in [3.05, 3.63) is 39.4 Å². The van der Waals surface area contributed by atoms with Crippen molar-refractivity contribution < 1.29 is 14.3 Å². The molecule has 0 aliphatic heterocycles. The first-order valence-electron chi connectivity index (χ1n) is 8.69. The van der Waals surface area contributed by atoms with E-state index >= 15 is 0 Å². The highest BCUT2D eigenvalue weighted by Crippen LogP contribution is 2.21. The quantitative estimate of drug-likeness (QED) is 0.540. The number of ketones is 1. The summed E-state index contributed by atoms with van der Waals surface area (Å²) in [5, 5.41) is 4.28. The average Bonchev–Trinajstić information content (AvgIpc) is 2.98. The third kappa shape index (κ3) is 4.18. The molecule has 0 spiro atoms. The molecule has 0 aliphatic rings. The molecule has 2 rings (SSSR count). The van der Waals surface area contributed by atoms with Crippen molar-refractivity contribution in [2.75, 3.05) is 6.61 Å². The maximum atomic E-state index is 12.5. The molecule has 0 atom stereocenters. The van der Waals surface area contributed by atoms with E-state index in [0.29, 0.717) is 17.2 Å². The lowest BCUT2D eigenvalue weighted by Gasteiger charge is -2.11. The number of hydrogen-bond donors (Lipinski definition) is 0. The molecule has 0 amide bonds. The Kier molecular flexibility index (Phi) is 6.29. The molecule has 26 heavy (non-hydrogen) atoms. The van der Waals surface area contributed by atoms with E-state index in [1.54, 1.807) is 14.0 Å². The summed E-state index contributed by atoms with van der Waals surface area (Å²) in [5.74, 6) is -0.272. The summed E-state index contributed by atoms with van der Waals surface area (Å²) in [6.45, 7) is 10.5. The molecule has 0 aromatic carbocycles. The molecule has 0 unspecified atom stereocenters. The van der Waals surface area contributed by atoms with Gasteiger partial charge in [0.25, 0.3) is 0 Å². The number of ether oxygens (including phenoxy) is 1. The minimum atomic E-state index is -0.637. The smallest absolute Gasteiger partial charge is 0.343 e. The molecular weight excluding hydrogens is 354 g/mol. The van der Waals surface area contributed by atoms with Gasteiger partial charge in [-0.25, -0.2) is 4.79 Å². The third-order valence-electron chi connectivity index (χ3n) is 4.49. The van der Waals surface area contributed by atoms with Crippen molar-refractivity contribution in [2.24, 2.45) is 13.0 Å². The number of nitrogens with zero attached hydrogens (tertiary/aromatic N) is 3. The fourth-order valence-corrected chi connectivity index (χ4v) is 3.21. The largest absolute Gasteiger partial charge is 0.454 e. The van der Waals surface area contributed by atoms with Crippen LogP contribution in [0.4, 0.5) is 0 Å². The van der Waals surface area contributed by atoms with E-state index in [9.17, 15) is 9.59 Å². The molecule has 0 radical (unpaired) electrons. The highest BCUT2D eigenvalue weighted by atomic mass is 35.5. The SMILES string of the molecule is Cc1nn(C)c(Cl)c1C(=O)OCC(=O)c1cc(C)n(CCC(C)C)c1C. The summed E-state index contributed by atoms with van der Waals surface area (Å²) >= 11 is 6.06. The Hall–Kier alpha value is -2.08. The Labute approximate surface area is 159 Å². The van der Waals surface area contributed by atoms with Crippen LogP contribution in [-0.4, -0.2) is 32.7 Å². The Morgan fingerprint density at radius 1 is 1.27 bits per heavy atom. The molecule has 0 fully saturated rings. The summed E-state index contributed by atoms with van der Waals surface area (Å²) in [6.07, 6.45) is 1.04. The predicted octanol–water partition coefficient (Wildman–Crippen LogP) is 3.89. The molecule has 2 aromatic rings. The number of esters is 1. The van der Waals surface area contributed by atoms with Gasteiger partial charge in [-0.05, 0) is 39.2 Å². The van der Waals surface area contributed by atoms with Crippen molar-refractivity contribution in [3.8, 4) is 0 Å². The Balaban J connectivity index is 2.08. The summed E-state index contributed by atoms with van der Waals surface area (Å²) < 4.78 is 8.72. The number of carbonyl (C=O) groups excluding carboxylic acids is 2. The van der Waals surface area contributed by atoms with Crippen LogP contribution in [0.1, 0.15) is 58.1 Å². The van der Waals surface area contributed by atoms with E-state index < -0.39 is 5.97 Å². The van der Waals surface area contributed by atoms with Crippen LogP contribution in [0.25, 0.3) is 0 Å². The van der Waals surface area contributed by atoms with Crippen molar-refractivity contribution in [1.82, 2.24) is 14.3 Å². The van der Waals surface area contributed by atoms with E-state index in [1.165, 1.54) is 4.68 Å². The zero-order valence-electron chi connectivity index (χ0n) is 16.2. The van der Waals surface area contributed by atoms with Crippen LogP contribution in [-0.2, 0) is 18.3 Å². The van der Waals surface area contributed by atoms with Gasteiger partial charge in [0.1, 0.15) is 10.7 Å². The topological polar surface area (TPSA) is 66.1 Å². The van der Waals surface area contributed by atoms with E-state index in [1.807, 2.05) is 19.9 Å². The van der Waals surface area contributed by atoms with Gasteiger partial charge >= 0.3 is 5.97 Å². The van der Waals surface area contributed by atoms with Gasteiger partial charge in [-0.1, -0.05) is 25.4 Å². The van der Waals surface area contributed by atoms with Crippen molar-refractivity contribution in [1.29, 1.82) is 0 Å². The number of Topliss-reactive ketones (excluding diaryl/α,β-unsaturated/α-hetero) is 1. The minimum absolute atomic E-state index is 0.198. The van der Waals surface area contributed by atoms with Gasteiger partial charge in [0.2, 0.25) is 5.78 Å². The molecule has 7 heteroatoms. The van der Waals surface area contributed by atoms with E-state index in [-0.39, 0.29) is 23.1 Å². The van der Waals surface area contributed by atoms with Gasteiger partial charge in [-0.15, -0.1) is 0 Å². The molecule has 6 nitrogen and oxygen atoms in total. The van der Waals surface area contributed by atoms with Crippen molar-refractivity contribution in [2.45, 2.75) is 47.6 Å². The second-order valence-corrected chi connectivity index (χ2v) is 7.35. The van der Waals surface area contributed by atoms with E-state index in [2.05, 4.69) is 23.5 Å². The lowest BCUT2D eigenvalue weighted by atomic mass is 10.1. The third-order valence-corrected chi connectivity index (χ3v) is 4.93. The molecule has 0 bridgehead atoms. The summed E-state index contributed by atoms with van der Waals surface area (Å²) in [7, 11) is 1.64. The van der Waals surface area contributed by atoms with Crippen molar-refractivity contribution >= 4 is 23.4 Å². The maximum absolute atomic E-state index is 12.5. The molecule has 0 saturated heterocycles. The van der Waals surface area contributed by atoms with Gasteiger partial charge in [0, 0.05) is 30.5 Å². The highest BCUT2D eigenvalue weighted by molar-refractivity contribution is 6.32. The number of aryl methyl sites for hydroxylation is 3. The second-order valence-electron chi connectivity index (χ2n) is 6.99. The van der Waals surface area contributed by atoms with Crippen molar-refractivity contribution in [3.63, 3.8) is 0 Å². The normalized spacial score (nSPS) is 11.2. The number of aromatic nitrogens is 3. The fourth-order valence-electron chi connectivity index (χ4n) is 2.96. The number of rotatable bonds is 7. The number of halogens is 1. The molecule has 0 N–H and O–H groups in total. The summed E-state index contributed by atoms with van der Waals surface area (Å²) in [4.78, 5) is 24.8. The van der Waals surface area contributed by atoms with Gasteiger partial charge < -0.3 is 9.30 Å². The standard InChI is InChI=1S/C19H26ClN3O3/c1-11(2)7-8-23-12(3)9-15(14(23)5)16(24)10-26-19(25)17-13(4)21-22(6)18(17)20/h9,11H,7-8,10H2,1-6H3. The first kappa shape index (κ1) is 20.2. The van der Waals surface area contributed by atoms with Gasteiger partial charge in [-0.2, -0.15) is 5.10 Å². The number of hydrogen-bond acceptors (Lipinski definition) is 4. The zero-order chi connectivity index (χ0) is 19.6. The van der Waals surface area contributed by atoms with Crippen LogP contribution in [0.5, 0.6) is 0 Å². The van der Waals surface area contributed by atoms with Crippen LogP contribution in [0.3, 0.4) is 0 Å². The predicted molar refractivity (Wildman–Crippen MR) is 101 cm³/mol. The van der Waals surface area contributed by atoms with Crippen LogP contribution in [0, 0.1) is 26.7 Å². The molecule has 142 valence electrons. The monoisotopic (exact) mass is 379 g/mol. The molecule has 0 aliphatic carbocycles. The first-order valence-corrected chi connectivity index (χ1v) is 9.07. The van der Waals surface area contributed by atoms with E-state index in [4.69, 9.17) is 16.3 Å². The Morgan fingerprint density at radius 2 is 1.92 bits per heavy atom. The molecule has 0 saturated carbocycles. The van der Waals surface area contributed by atoms with Gasteiger partial charge in [-0.3, -0.25) is 9.48 Å².